The van der Waals surface area contributed by atoms with Gasteiger partial charge in [-0.25, -0.2) is 4.99 Å². The summed E-state index contributed by atoms with van der Waals surface area (Å²) < 4.78 is 5.84. The minimum atomic E-state index is 0.295. The lowest BCUT2D eigenvalue weighted by Crippen LogP contribution is -2.44. The predicted octanol–water partition coefficient (Wildman–Crippen LogP) is 2.60. The first-order valence-electron chi connectivity index (χ1n) is 9.61. The van der Waals surface area contributed by atoms with E-state index < -0.39 is 0 Å². The first-order chi connectivity index (χ1) is 12.1. The van der Waals surface area contributed by atoms with Crippen molar-refractivity contribution in [3.05, 3.63) is 35.4 Å². The van der Waals surface area contributed by atoms with Crippen molar-refractivity contribution in [3.8, 4) is 0 Å². The molecule has 0 aliphatic carbocycles. The summed E-state index contributed by atoms with van der Waals surface area (Å²) in [6.45, 7) is 9.97. The summed E-state index contributed by atoms with van der Waals surface area (Å²) in [6.07, 6.45) is 4.34. The predicted molar refractivity (Wildman–Crippen MR) is 102 cm³/mol. The van der Waals surface area contributed by atoms with Crippen LogP contribution in [-0.4, -0.2) is 54.1 Å². The molecule has 3 rings (SSSR count). The molecule has 1 aromatic carbocycles. The van der Waals surface area contributed by atoms with E-state index in [0.717, 1.165) is 32.7 Å². The zero-order chi connectivity index (χ0) is 17.6. The maximum atomic E-state index is 6.22. The lowest BCUT2D eigenvalue weighted by atomic mass is 10.1. The van der Waals surface area contributed by atoms with Gasteiger partial charge in [0.05, 0.1) is 18.8 Å². The molecule has 2 atom stereocenters. The number of likely N-dealkylation sites (tertiary alicyclic amines) is 1. The van der Waals surface area contributed by atoms with E-state index in [-0.39, 0.29) is 0 Å². The SMILES string of the molecule is CC1CN(Cc2ccccc2CN=C(N)N2CCCCC2)CC(C)O1. The molecule has 0 spiro atoms. The Kier molecular flexibility index (Phi) is 6.32. The third-order valence-corrected chi connectivity index (χ3v) is 5.10. The Hall–Kier alpha value is -1.59. The summed E-state index contributed by atoms with van der Waals surface area (Å²) in [7, 11) is 0. The molecule has 2 unspecified atom stereocenters. The van der Waals surface area contributed by atoms with Crippen LogP contribution in [0.5, 0.6) is 0 Å². The fourth-order valence-corrected chi connectivity index (χ4v) is 3.91. The second-order valence-electron chi connectivity index (χ2n) is 7.44. The quantitative estimate of drug-likeness (QED) is 0.674. The van der Waals surface area contributed by atoms with Crippen molar-refractivity contribution in [2.75, 3.05) is 26.2 Å². The van der Waals surface area contributed by atoms with Gasteiger partial charge in [0.1, 0.15) is 0 Å². The standard InChI is InChI=1S/C20H32N4O/c1-16-13-23(14-17(2)25-16)15-19-9-5-4-8-18(19)12-22-20(21)24-10-6-3-7-11-24/h4-5,8-9,16-17H,3,6-7,10-15H2,1-2H3,(H2,21,22). The van der Waals surface area contributed by atoms with E-state index in [9.17, 15) is 0 Å². The number of nitrogens with two attached hydrogens (primary N) is 1. The molecule has 0 amide bonds. The van der Waals surface area contributed by atoms with Gasteiger partial charge in [0.2, 0.25) is 0 Å². The molecule has 2 N–H and O–H groups in total. The number of piperidine rings is 1. The van der Waals surface area contributed by atoms with E-state index in [1.165, 1.54) is 30.4 Å². The van der Waals surface area contributed by atoms with Crippen molar-refractivity contribution in [2.24, 2.45) is 10.7 Å². The van der Waals surface area contributed by atoms with Crippen LogP contribution in [0.2, 0.25) is 0 Å². The smallest absolute Gasteiger partial charge is 0.191 e. The van der Waals surface area contributed by atoms with Gasteiger partial charge in [0, 0.05) is 32.7 Å². The third-order valence-electron chi connectivity index (χ3n) is 5.10. The van der Waals surface area contributed by atoms with Crippen molar-refractivity contribution in [2.45, 2.75) is 58.4 Å². The average molecular weight is 345 g/mol. The number of morpholine rings is 1. The van der Waals surface area contributed by atoms with Gasteiger partial charge in [-0.15, -0.1) is 0 Å². The number of nitrogens with zero attached hydrogens (tertiary/aromatic N) is 3. The highest BCUT2D eigenvalue weighted by Gasteiger charge is 2.22. The molecule has 1 aromatic rings. The van der Waals surface area contributed by atoms with Crippen LogP contribution in [0.25, 0.3) is 0 Å². The van der Waals surface area contributed by atoms with Crippen LogP contribution in [0.3, 0.4) is 0 Å². The van der Waals surface area contributed by atoms with Crippen molar-refractivity contribution >= 4 is 5.96 Å². The average Bonchev–Trinajstić information content (AvgIpc) is 2.60. The lowest BCUT2D eigenvalue weighted by molar-refractivity contribution is -0.0705. The number of guanidine groups is 1. The first-order valence-corrected chi connectivity index (χ1v) is 9.61. The molecule has 5 nitrogen and oxygen atoms in total. The molecule has 0 bridgehead atoms. The monoisotopic (exact) mass is 344 g/mol. The summed E-state index contributed by atoms with van der Waals surface area (Å²) in [4.78, 5) is 9.38. The molecule has 2 fully saturated rings. The minimum absolute atomic E-state index is 0.295. The maximum Gasteiger partial charge on any atom is 0.191 e. The molecule has 0 radical (unpaired) electrons. The number of rotatable bonds is 4. The normalized spacial score (nSPS) is 26.0. The summed E-state index contributed by atoms with van der Waals surface area (Å²) in [6, 6.07) is 8.60. The van der Waals surface area contributed by atoms with E-state index in [0.29, 0.717) is 24.7 Å². The Morgan fingerprint density at radius 2 is 1.72 bits per heavy atom. The van der Waals surface area contributed by atoms with Gasteiger partial charge in [-0.2, -0.15) is 0 Å². The number of benzene rings is 1. The Balaban J connectivity index is 1.64. The van der Waals surface area contributed by atoms with Gasteiger partial charge in [-0.1, -0.05) is 24.3 Å². The molecule has 0 saturated carbocycles. The lowest BCUT2D eigenvalue weighted by Gasteiger charge is -2.35. The van der Waals surface area contributed by atoms with Crippen molar-refractivity contribution < 1.29 is 4.74 Å². The van der Waals surface area contributed by atoms with E-state index in [1.807, 2.05) is 0 Å². The Morgan fingerprint density at radius 1 is 1.08 bits per heavy atom. The van der Waals surface area contributed by atoms with E-state index in [2.05, 4.69) is 52.9 Å². The molecule has 0 aromatic heterocycles. The minimum Gasteiger partial charge on any atom is -0.373 e. The number of aliphatic imine (C=N–C) groups is 1. The fourth-order valence-electron chi connectivity index (χ4n) is 3.91. The highest BCUT2D eigenvalue weighted by molar-refractivity contribution is 5.78. The fraction of sp³-hybridized carbons (Fsp3) is 0.650. The number of ether oxygens (including phenoxy) is 1. The van der Waals surface area contributed by atoms with E-state index >= 15 is 0 Å². The summed E-state index contributed by atoms with van der Waals surface area (Å²) in [5.74, 6) is 0.697. The zero-order valence-corrected chi connectivity index (χ0v) is 15.7. The first kappa shape index (κ1) is 18.2. The van der Waals surface area contributed by atoms with Crippen LogP contribution in [0.1, 0.15) is 44.2 Å². The second-order valence-corrected chi connectivity index (χ2v) is 7.44. The molecule has 5 heteroatoms. The van der Waals surface area contributed by atoms with Crippen LogP contribution < -0.4 is 5.73 Å². The molecule has 138 valence electrons. The van der Waals surface area contributed by atoms with Crippen LogP contribution in [0.4, 0.5) is 0 Å². The zero-order valence-electron chi connectivity index (χ0n) is 15.7. The van der Waals surface area contributed by atoms with E-state index in [1.54, 1.807) is 0 Å². The Bertz CT molecular complexity index is 573. The molecule has 2 aliphatic heterocycles. The molecule has 2 heterocycles. The van der Waals surface area contributed by atoms with Gasteiger partial charge < -0.3 is 15.4 Å². The molecular formula is C20H32N4O. The van der Waals surface area contributed by atoms with Crippen LogP contribution in [-0.2, 0) is 17.8 Å². The van der Waals surface area contributed by atoms with Crippen LogP contribution in [0.15, 0.2) is 29.3 Å². The number of hydrogen-bond acceptors (Lipinski definition) is 3. The maximum absolute atomic E-state index is 6.22. The van der Waals surface area contributed by atoms with Gasteiger partial charge >= 0.3 is 0 Å². The topological polar surface area (TPSA) is 54.1 Å². The summed E-state index contributed by atoms with van der Waals surface area (Å²) in [5, 5.41) is 0. The van der Waals surface area contributed by atoms with Crippen LogP contribution in [0, 0.1) is 0 Å². The Morgan fingerprint density at radius 3 is 2.40 bits per heavy atom. The molecular weight excluding hydrogens is 312 g/mol. The van der Waals surface area contributed by atoms with E-state index in [4.69, 9.17) is 10.5 Å². The van der Waals surface area contributed by atoms with Gasteiger partial charge in [-0.3, -0.25) is 4.90 Å². The highest BCUT2D eigenvalue weighted by atomic mass is 16.5. The van der Waals surface area contributed by atoms with Gasteiger partial charge in [-0.05, 0) is 44.2 Å². The van der Waals surface area contributed by atoms with Crippen molar-refractivity contribution in [3.63, 3.8) is 0 Å². The van der Waals surface area contributed by atoms with Crippen molar-refractivity contribution in [1.29, 1.82) is 0 Å². The second kappa shape index (κ2) is 8.68. The Labute approximate surface area is 151 Å². The number of hydrogen-bond donors (Lipinski definition) is 1. The summed E-state index contributed by atoms with van der Waals surface area (Å²) in [5.41, 5.74) is 8.83. The highest BCUT2D eigenvalue weighted by Crippen LogP contribution is 2.18. The molecule has 25 heavy (non-hydrogen) atoms. The molecule has 2 saturated heterocycles. The van der Waals surface area contributed by atoms with Crippen LogP contribution >= 0.6 is 0 Å². The van der Waals surface area contributed by atoms with Gasteiger partial charge in [0.15, 0.2) is 5.96 Å². The summed E-state index contributed by atoms with van der Waals surface area (Å²) >= 11 is 0. The third kappa shape index (κ3) is 5.19. The molecule has 2 aliphatic rings. The largest absolute Gasteiger partial charge is 0.373 e. The van der Waals surface area contributed by atoms with Crippen molar-refractivity contribution in [1.82, 2.24) is 9.80 Å². The van der Waals surface area contributed by atoms with Gasteiger partial charge in [0.25, 0.3) is 0 Å².